The summed E-state index contributed by atoms with van der Waals surface area (Å²) >= 11 is 0. The normalized spacial score (nSPS) is 11.4. The third-order valence-corrected chi connectivity index (χ3v) is 4.22. The molecule has 0 aliphatic rings. The van der Waals surface area contributed by atoms with Crippen molar-refractivity contribution in [2.75, 3.05) is 12.3 Å². The minimum atomic E-state index is -0.0319. The van der Waals surface area contributed by atoms with Gasteiger partial charge in [-0.25, -0.2) is 4.98 Å². The predicted molar refractivity (Wildman–Crippen MR) is 106 cm³/mol. The molecule has 8 nitrogen and oxygen atoms in total. The summed E-state index contributed by atoms with van der Waals surface area (Å²) in [5.41, 5.74) is 15.4. The smallest absolute Gasteiger partial charge is 0.260 e. The summed E-state index contributed by atoms with van der Waals surface area (Å²) in [6, 6.07) is 8.23. The number of nitrogen functional groups attached to an aromatic ring is 1. The number of rotatable bonds is 8. The van der Waals surface area contributed by atoms with Crippen molar-refractivity contribution in [1.29, 1.82) is 0 Å². The average Bonchev–Trinajstić information content (AvgIpc) is 3.02. The van der Waals surface area contributed by atoms with Gasteiger partial charge >= 0.3 is 0 Å². The third kappa shape index (κ3) is 4.17. The van der Waals surface area contributed by atoms with Crippen LogP contribution < -0.4 is 21.5 Å². The first-order chi connectivity index (χ1) is 13.0. The first-order valence-corrected chi connectivity index (χ1v) is 9.20. The molecule has 2 heterocycles. The Hall–Kier alpha value is -2.71. The van der Waals surface area contributed by atoms with E-state index < -0.39 is 0 Å². The van der Waals surface area contributed by atoms with Crippen molar-refractivity contribution in [1.82, 2.24) is 25.1 Å². The van der Waals surface area contributed by atoms with Crippen LogP contribution in [0.5, 0.6) is 5.88 Å². The molecule has 0 aliphatic heterocycles. The standard InChI is InChI=1S/C19H27N7O/c1-4-22-10-15-23-16-17(19(27-12(2)3)25-24-18(16)21)26(15)11-14-7-5-13(9-20)6-8-14/h5-8,12,22H,4,9-11,20H2,1-3H3,(H2,21,24). The molecule has 0 atom stereocenters. The van der Waals surface area contributed by atoms with E-state index in [0.29, 0.717) is 36.8 Å². The Kier molecular flexibility index (Phi) is 5.88. The molecular weight excluding hydrogens is 342 g/mol. The monoisotopic (exact) mass is 369 g/mol. The zero-order valence-corrected chi connectivity index (χ0v) is 16.1. The van der Waals surface area contributed by atoms with Crippen molar-refractivity contribution >= 4 is 16.9 Å². The number of hydrogen-bond acceptors (Lipinski definition) is 7. The Labute approximate surface area is 158 Å². The van der Waals surface area contributed by atoms with Crippen LogP contribution in [0.2, 0.25) is 0 Å². The molecule has 5 N–H and O–H groups in total. The molecule has 0 bridgehead atoms. The Balaban J connectivity index is 2.11. The zero-order valence-electron chi connectivity index (χ0n) is 16.1. The fourth-order valence-corrected chi connectivity index (χ4v) is 2.90. The van der Waals surface area contributed by atoms with Crippen LogP contribution in [-0.2, 0) is 19.6 Å². The maximum atomic E-state index is 6.06. The average molecular weight is 369 g/mol. The van der Waals surface area contributed by atoms with E-state index in [1.807, 2.05) is 26.0 Å². The van der Waals surface area contributed by atoms with E-state index in [-0.39, 0.29) is 6.10 Å². The number of benzene rings is 1. The molecule has 27 heavy (non-hydrogen) atoms. The lowest BCUT2D eigenvalue weighted by Gasteiger charge is -2.14. The van der Waals surface area contributed by atoms with E-state index in [1.54, 1.807) is 0 Å². The molecule has 0 spiro atoms. The van der Waals surface area contributed by atoms with Crippen LogP contribution in [-0.4, -0.2) is 32.4 Å². The first kappa shape index (κ1) is 19.1. The highest BCUT2D eigenvalue weighted by Crippen LogP contribution is 2.29. The van der Waals surface area contributed by atoms with Crippen molar-refractivity contribution in [3.8, 4) is 5.88 Å². The number of nitrogens with one attached hydrogen (secondary N) is 1. The van der Waals surface area contributed by atoms with E-state index >= 15 is 0 Å². The van der Waals surface area contributed by atoms with Gasteiger partial charge in [-0.15, -0.1) is 10.2 Å². The Morgan fingerprint density at radius 1 is 1.15 bits per heavy atom. The summed E-state index contributed by atoms with van der Waals surface area (Å²) in [5, 5.41) is 11.5. The number of nitrogens with zero attached hydrogens (tertiary/aromatic N) is 4. The SMILES string of the molecule is CCNCc1nc2c(N)nnc(OC(C)C)c2n1Cc1ccc(CN)cc1. The zero-order chi connectivity index (χ0) is 19.4. The van der Waals surface area contributed by atoms with Crippen LogP contribution in [0.3, 0.4) is 0 Å². The largest absolute Gasteiger partial charge is 0.472 e. The minimum absolute atomic E-state index is 0.0319. The van der Waals surface area contributed by atoms with Gasteiger partial charge in [-0.2, -0.15) is 0 Å². The lowest BCUT2D eigenvalue weighted by atomic mass is 10.1. The molecule has 0 radical (unpaired) electrons. The molecule has 0 amide bonds. The van der Waals surface area contributed by atoms with Gasteiger partial charge in [0.15, 0.2) is 5.82 Å². The molecule has 8 heteroatoms. The first-order valence-electron chi connectivity index (χ1n) is 9.20. The van der Waals surface area contributed by atoms with Crippen LogP contribution >= 0.6 is 0 Å². The van der Waals surface area contributed by atoms with Crippen LogP contribution in [0.15, 0.2) is 24.3 Å². The van der Waals surface area contributed by atoms with E-state index in [4.69, 9.17) is 21.2 Å². The molecule has 0 unspecified atom stereocenters. The second-order valence-electron chi connectivity index (χ2n) is 6.67. The maximum Gasteiger partial charge on any atom is 0.260 e. The van der Waals surface area contributed by atoms with Crippen LogP contribution in [0.4, 0.5) is 5.82 Å². The third-order valence-electron chi connectivity index (χ3n) is 4.22. The number of aromatic nitrogens is 4. The van der Waals surface area contributed by atoms with Gasteiger partial charge in [0, 0.05) is 13.1 Å². The summed E-state index contributed by atoms with van der Waals surface area (Å²) in [7, 11) is 0. The van der Waals surface area contributed by atoms with Gasteiger partial charge in [0.1, 0.15) is 16.9 Å². The second-order valence-corrected chi connectivity index (χ2v) is 6.67. The Morgan fingerprint density at radius 2 is 1.85 bits per heavy atom. The van der Waals surface area contributed by atoms with E-state index in [9.17, 15) is 0 Å². The number of imidazole rings is 1. The molecule has 3 rings (SSSR count). The van der Waals surface area contributed by atoms with E-state index in [0.717, 1.165) is 29.0 Å². The lowest BCUT2D eigenvalue weighted by Crippen LogP contribution is -2.17. The molecule has 2 aromatic heterocycles. The summed E-state index contributed by atoms with van der Waals surface area (Å²) in [4.78, 5) is 4.72. The van der Waals surface area contributed by atoms with Gasteiger partial charge in [-0.1, -0.05) is 31.2 Å². The van der Waals surface area contributed by atoms with Crippen molar-refractivity contribution in [3.63, 3.8) is 0 Å². The van der Waals surface area contributed by atoms with Gasteiger partial charge in [-0.3, -0.25) is 0 Å². The fourth-order valence-electron chi connectivity index (χ4n) is 2.90. The molecule has 1 aromatic carbocycles. The Bertz CT molecular complexity index is 903. The van der Waals surface area contributed by atoms with Crippen molar-refractivity contribution in [2.24, 2.45) is 5.73 Å². The topological polar surface area (TPSA) is 117 Å². The lowest BCUT2D eigenvalue weighted by molar-refractivity contribution is 0.232. The van der Waals surface area contributed by atoms with Gasteiger partial charge in [0.2, 0.25) is 0 Å². The summed E-state index contributed by atoms with van der Waals surface area (Å²) < 4.78 is 7.98. The van der Waals surface area contributed by atoms with Crippen LogP contribution in [0.25, 0.3) is 11.0 Å². The van der Waals surface area contributed by atoms with Gasteiger partial charge < -0.3 is 26.1 Å². The highest BCUT2D eigenvalue weighted by atomic mass is 16.5. The van der Waals surface area contributed by atoms with Crippen molar-refractivity contribution in [2.45, 2.75) is 46.5 Å². The van der Waals surface area contributed by atoms with Crippen molar-refractivity contribution in [3.05, 3.63) is 41.2 Å². The molecule has 0 aliphatic carbocycles. The summed E-state index contributed by atoms with van der Waals surface area (Å²) in [6.07, 6.45) is -0.0319. The highest BCUT2D eigenvalue weighted by Gasteiger charge is 2.20. The summed E-state index contributed by atoms with van der Waals surface area (Å²) in [6.45, 7) is 8.58. The number of fused-ring (bicyclic) bond motifs is 1. The van der Waals surface area contributed by atoms with Crippen molar-refractivity contribution < 1.29 is 4.74 Å². The van der Waals surface area contributed by atoms with Crippen LogP contribution in [0, 0.1) is 0 Å². The minimum Gasteiger partial charge on any atom is -0.472 e. The van der Waals surface area contributed by atoms with Gasteiger partial charge in [-0.05, 0) is 31.5 Å². The van der Waals surface area contributed by atoms with E-state index in [2.05, 4.69) is 39.1 Å². The number of ether oxygens (including phenoxy) is 1. The maximum absolute atomic E-state index is 6.06. The number of anilines is 1. The second kappa shape index (κ2) is 8.32. The molecule has 3 aromatic rings. The molecule has 0 saturated carbocycles. The predicted octanol–water partition coefficient (Wildman–Crippen LogP) is 1.81. The molecular formula is C19H27N7O. The molecule has 0 saturated heterocycles. The van der Waals surface area contributed by atoms with Crippen LogP contribution in [0.1, 0.15) is 37.7 Å². The van der Waals surface area contributed by atoms with E-state index in [1.165, 1.54) is 0 Å². The molecule has 0 fully saturated rings. The Morgan fingerprint density at radius 3 is 2.48 bits per heavy atom. The summed E-state index contributed by atoms with van der Waals surface area (Å²) in [5.74, 6) is 1.61. The van der Waals surface area contributed by atoms with Gasteiger partial charge in [0.05, 0.1) is 12.6 Å². The fraction of sp³-hybridized carbons (Fsp3) is 0.421. The molecule has 144 valence electrons. The van der Waals surface area contributed by atoms with Gasteiger partial charge in [0.25, 0.3) is 5.88 Å². The highest BCUT2D eigenvalue weighted by molar-refractivity contribution is 5.88. The number of nitrogens with two attached hydrogens (primary N) is 2. The quantitative estimate of drug-likeness (QED) is 0.554. The number of hydrogen-bond donors (Lipinski definition) is 3.